The van der Waals surface area contributed by atoms with Gasteiger partial charge in [-0.2, -0.15) is 0 Å². The summed E-state index contributed by atoms with van der Waals surface area (Å²) in [6.45, 7) is 0.273. The number of aryl methyl sites for hydroxylation is 1. The van der Waals surface area contributed by atoms with Crippen molar-refractivity contribution < 1.29 is 4.79 Å². The Hall–Kier alpha value is -1.47. The highest BCUT2D eigenvalue weighted by Gasteiger charge is 2.22. The summed E-state index contributed by atoms with van der Waals surface area (Å²) in [7, 11) is 0. The Morgan fingerprint density at radius 2 is 2.56 bits per heavy atom. The first-order valence-corrected chi connectivity index (χ1v) is 6.23. The number of carbonyl (C=O) groups excluding carboxylic acids is 1. The molecular weight excluding hydrogens is 220 g/mol. The molecule has 0 fully saturated rings. The Morgan fingerprint density at radius 1 is 1.69 bits per heavy atom. The Labute approximate surface area is 99.2 Å². The van der Waals surface area contributed by atoms with Gasteiger partial charge < -0.3 is 10.6 Å². The van der Waals surface area contributed by atoms with Crippen molar-refractivity contribution in [3.05, 3.63) is 21.9 Å². The molecule has 0 radical (unpaired) electrons. The topological polar surface area (TPSA) is 41.1 Å². The number of fused-ring (bicyclic) bond motifs is 1. The highest BCUT2D eigenvalue weighted by Crippen LogP contribution is 2.32. The lowest BCUT2D eigenvalue weighted by atomic mass is 9.94. The van der Waals surface area contributed by atoms with Gasteiger partial charge in [0.15, 0.2) is 0 Å². The predicted octanol–water partition coefficient (Wildman–Crippen LogP) is 2.06. The van der Waals surface area contributed by atoms with Crippen LogP contribution in [0.1, 0.15) is 29.3 Å². The minimum Gasteiger partial charge on any atom is -0.331 e. The zero-order valence-corrected chi connectivity index (χ0v) is 9.77. The van der Waals surface area contributed by atoms with Crippen LogP contribution in [-0.4, -0.2) is 12.6 Å². The zero-order chi connectivity index (χ0) is 11.4. The number of urea groups is 1. The van der Waals surface area contributed by atoms with Crippen LogP contribution in [0.4, 0.5) is 4.79 Å². The molecular formula is C12H14N2OS. The van der Waals surface area contributed by atoms with Gasteiger partial charge >= 0.3 is 6.03 Å². The van der Waals surface area contributed by atoms with Crippen molar-refractivity contribution in [1.29, 1.82) is 0 Å². The van der Waals surface area contributed by atoms with Crippen molar-refractivity contribution in [3.63, 3.8) is 0 Å². The molecule has 0 aliphatic heterocycles. The minimum absolute atomic E-state index is 0.146. The lowest BCUT2D eigenvalue weighted by Gasteiger charge is -2.23. The van der Waals surface area contributed by atoms with Gasteiger partial charge in [-0.1, -0.05) is 5.92 Å². The van der Waals surface area contributed by atoms with E-state index in [0.29, 0.717) is 0 Å². The number of nitrogens with one attached hydrogen (secondary N) is 2. The number of hydrogen-bond donors (Lipinski definition) is 2. The van der Waals surface area contributed by atoms with Crippen molar-refractivity contribution in [1.82, 2.24) is 10.6 Å². The molecule has 1 aromatic rings. The van der Waals surface area contributed by atoms with Crippen LogP contribution in [0.2, 0.25) is 0 Å². The summed E-state index contributed by atoms with van der Waals surface area (Å²) < 4.78 is 0. The van der Waals surface area contributed by atoms with E-state index in [1.807, 2.05) is 0 Å². The van der Waals surface area contributed by atoms with E-state index < -0.39 is 0 Å². The minimum atomic E-state index is -0.179. The van der Waals surface area contributed by atoms with E-state index in [1.165, 1.54) is 10.4 Å². The van der Waals surface area contributed by atoms with E-state index >= 15 is 0 Å². The molecule has 0 bridgehead atoms. The summed E-state index contributed by atoms with van der Waals surface area (Å²) in [5.74, 6) is 2.38. The number of thiophene rings is 1. The molecule has 4 heteroatoms. The van der Waals surface area contributed by atoms with Gasteiger partial charge in [-0.25, -0.2) is 4.79 Å². The molecule has 2 N–H and O–H groups in total. The van der Waals surface area contributed by atoms with Crippen molar-refractivity contribution in [2.24, 2.45) is 0 Å². The second kappa shape index (κ2) is 5.04. The quantitative estimate of drug-likeness (QED) is 0.756. The molecule has 1 aromatic heterocycles. The molecule has 1 atom stereocenters. The Bertz CT molecular complexity index is 419. The summed E-state index contributed by atoms with van der Waals surface area (Å²) >= 11 is 1.77. The zero-order valence-electron chi connectivity index (χ0n) is 8.95. The summed E-state index contributed by atoms with van der Waals surface area (Å²) in [5, 5.41) is 7.66. The van der Waals surface area contributed by atoms with Gasteiger partial charge in [0.25, 0.3) is 0 Å². The van der Waals surface area contributed by atoms with E-state index in [2.05, 4.69) is 28.0 Å². The first kappa shape index (κ1) is 11.0. The lowest BCUT2D eigenvalue weighted by Crippen LogP contribution is -2.38. The average molecular weight is 234 g/mol. The molecule has 84 valence electrons. The third kappa shape index (κ3) is 2.37. The number of hydrogen-bond acceptors (Lipinski definition) is 2. The van der Waals surface area contributed by atoms with Crippen LogP contribution >= 0.6 is 11.3 Å². The number of rotatable bonds is 2. The first-order valence-electron chi connectivity index (χ1n) is 5.35. The number of amides is 2. The van der Waals surface area contributed by atoms with Crippen molar-refractivity contribution in [3.8, 4) is 12.3 Å². The average Bonchev–Trinajstić information content (AvgIpc) is 2.75. The molecule has 0 aromatic carbocycles. The highest BCUT2D eigenvalue weighted by molar-refractivity contribution is 7.10. The second-order valence-electron chi connectivity index (χ2n) is 3.78. The lowest BCUT2D eigenvalue weighted by molar-refractivity contribution is 0.237. The molecule has 1 aliphatic carbocycles. The molecule has 16 heavy (non-hydrogen) atoms. The third-order valence-corrected chi connectivity index (χ3v) is 3.70. The molecule has 0 saturated heterocycles. The smallest absolute Gasteiger partial charge is 0.316 e. The van der Waals surface area contributed by atoms with Crippen molar-refractivity contribution >= 4 is 17.4 Å². The van der Waals surface area contributed by atoms with E-state index in [9.17, 15) is 4.79 Å². The van der Waals surface area contributed by atoms with Gasteiger partial charge in [0, 0.05) is 4.88 Å². The monoisotopic (exact) mass is 234 g/mol. The molecule has 3 nitrogen and oxygen atoms in total. The Kier molecular flexibility index (Phi) is 3.47. The van der Waals surface area contributed by atoms with Gasteiger partial charge in [0.1, 0.15) is 0 Å². The normalized spacial score (nSPS) is 18.3. The van der Waals surface area contributed by atoms with Crippen LogP contribution in [-0.2, 0) is 6.42 Å². The van der Waals surface area contributed by atoms with Gasteiger partial charge in [0.2, 0.25) is 0 Å². The van der Waals surface area contributed by atoms with Gasteiger partial charge in [0.05, 0.1) is 12.6 Å². The van der Waals surface area contributed by atoms with Crippen molar-refractivity contribution in [2.45, 2.75) is 25.3 Å². The third-order valence-electron chi connectivity index (χ3n) is 2.71. The predicted molar refractivity (Wildman–Crippen MR) is 65.4 cm³/mol. The summed E-state index contributed by atoms with van der Waals surface area (Å²) in [5.41, 5.74) is 1.27. The molecule has 1 aliphatic rings. The number of carbonyl (C=O) groups is 1. The van der Waals surface area contributed by atoms with Crippen LogP contribution in [0, 0.1) is 12.3 Å². The molecule has 0 saturated carbocycles. The number of terminal acetylenes is 1. The maximum absolute atomic E-state index is 11.5. The van der Waals surface area contributed by atoms with Gasteiger partial charge in [-0.3, -0.25) is 0 Å². The SMILES string of the molecule is C#CCNC(=O)NC1CCCc2sccc21. The molecule has 0 spiro atoms. The van der Waals surface area contributed by atoms with Crippen LogP contribution in [0.3, 0.4) is 0 Å². The standard InChI is InChI=1S/C12H14N2OS/c1-2-7-13-12(15)14-10-4-3-5-11-9(10)6-8-16-11/h1,6,8,10H,3-5,7H2,(H2,13,14,15). The fourth-order valence-corrected chi connectivity index (χ4v) is 2.96. The van der Waals surface area contributed by atoms with E-state index in [-0.39, 0.29) is 18.6 Å². The maximum Gasteiger partial charge on any atom is 0.316 e. The van der Waals surface area contributed by atoms with Gasteiger partial charge in [-0.05, 0) is 36.3 Å². The van der Waals surface area contributed by atoms with Crippen molar-refractivity contribution in [2.75, 3.05) is 6.54 Å². The molecule has 1 heterocycles. The van der Waals surface area contributed by atoms with Crippen LogP contribution < -0.4 is 10.6 Å². The van der Waals surface area contributed by atoms with E-state index in [1.54, 1.807) is 11.3 Å². The van der Waals surface area contributed by atoms with E-state index in [0.717, 1.165) is 19.3 Å². The molecule has 2 amide bonds. The van der Waals surface area contributed by atoms with Gasteiger partial charge in [-0.15, -0.1) is 17.8 Å². The maximum atomic E-state index is 11.5. The molecule has 1 unspecified atom stereocenters. The summed E-state index contributed by atoms with van der Waals surface area (Å²) in [6.07, 6.45) is 8.35. The van der Waals surface area contributed by atoms with Crippen LogP contribution in [0.15, 0.2) is 11.4 Å². The van der Waals surface area contributed by atoms with Crippen LogP contribution in [0.25, 0.3) is 0 Å². The fraction of sp³-hybridized carbons (Fsp3) is 0.417. The highest BCUT2D eigenvalue weighted by atomic mass is 32.1. The van der Waals surface area contributed by atoms with E-state index in [4.69, 9.17) is 6.42 Å². The first-order chi connectivity index (χ1) is 7.81. The Balaban J connectivity index is 1.97. The Morgan fingerprint density at radius 3 is 3.38 bits per heavy atom. The molecule has 2 rings (SSSR count). The largest absolute Gasteiger partial charge is 0.331 e. The fourth-order valence-electron chi connectivity index (χ4n) is 1.98. The summed E-state index contributed by atoms with van der Waals surface area (Å²) in [4.78, 5) is 12.9. The second-order valence-corrected chi connectivity index (χ2v) is 4.78. The van der Waals surface area contributed by atoms with Crippen LogP contribution in [0.5, 0.6) is 0 Å². The summed E-state index contributed by atoms with van der Waals surface area (Å²) in [6, 6.07) is 2.07.